The number of amides is 1. The first-order valence-corrected chi connectivity index (χ1v) is 9.16. The van der Waals surface area contributed by atoms with Gasteiger partial charge in [0.25, 0.3) is 0 Å². The molecule has 1 N–H and O–H groups in total. The van der Waals surface area contributed by atoms with Crippen LogP contribution in [0.3, 0.4) is 0 Å². The van der Waals surface area contributed by atoms with Crippen molar-refractivity contribution >= 4 is 11.6 Å². The van der Waals surface area contributed by atoms with Gasteiger partial charge in [-0.25, -0.2) is 0 Å². The Kier molecular flexibility index (Phi) is 6.50. The number of rotatable bonds is 7. The maximum atomic E-state index is 12.1. The van der Waals surface area contributed by atoms with Gasteiger partial charge in [0.05, 0.1) is 13.7 Å². The minimum atomic E-state index is 0.110. The normalized spacial score (nSPS) is 14.9. The molecule has 0 saturated carbocycles. The number of methoxy groups -OCH3 is 1. The summed E-state index contributed by atoms with van der Waals surface area (Å²) in [5.41, 5.74) is 2.46. The molecule has 0 unspecified atom stereocenters. The molecule has 0 radical (unpaired) electrons. The summed E-state index contributed by atoms with van der Waals surface area (Å²) in [5.74, 6) is 0.985. The number of hydrogen-bond donors (Lipinski definition) is 1. The van der Waals surface area contributed by atoms with Gasteiger partial charge in [0.2, 0.25) is 5.91 Å². The molecule has 1 aliphatic rings. The summed E-state index contributed by atoms with van der Waals surface area (Å²) in [7, 11) is 1.68. The molecule has 5 nitrogen and oxygen atoms in total. The third-order valence-corrected chi connectivity index (χ3v) is 4.76. The highest BCUT2D eigenvalue weighted by molar-refractivity contribution is 5.78. The lowest BCUT2D eigenvalue weighted by Crippen LogP contribution is -2.49. The molecule has 3 rings (SSSR count). The van der Waals surface area contributed by atoms with E-state index in [0.29, 0.717) is 13.1 Å². The minimum absolute atomic E-state index is 0.110. The average Bonchev–Trinajstić information content (AvgIpc) is 2.69. The monoisotopic (exact) mass is 353 g/mol. The van der Waals surface area contributed by atoms with E-state index < -0.39 is 0 Å². The highest BCUT2D eigenvalue weighted by Crippen LogP contribution is 2.20. The van der Waals surface area contributed by atoms with Crippen LogP contribution >= 0.6 is 0 Å². The SMILES string of the molecule is COc1ccc(N2CCN(CC(=O)NCCc3ccccc3)CC2)cc1. The lowest BCUT2D eigenvalue weighted by atomic mass is 10.1. The minimum Gasteiger partial charge on any atom is -0.497 e. The summed E-state index contributed by atoms with van der Waals surface area (Å²) < 4.78 is 5.21. The smallest absolute Gasteiger partial charge is 0.234 e. The van der Waals surface area contributed by atoms with Crippen molar-refractivity contribution in [1.82, 2.24) is 10.2 Å². The second-order valence-corrected chi connectivity index (χ2v) is 6.55. The van der Waals surface area contributed by atoms with Crippen molar-refractivity contribution in [3.05, 3.63) is 60.2 Å². The van der Waals surface area contributed by atoms with Crippen LogP contribution in [0.2, 0.25) is 0 Å². The molecule has 2 aromatic carbocycles. The summed E-state index contributed by atoms with van der Waals surface area (Å²) in [4.78, 5) is 16.7. The maximum Gasteiger partial charge on any atom is 0.234 e. The van der Waals surface area contributed by atoms with Crippen molar-refractivity contribution in [2.45, 2.75) is 6.42 Å². The zero-order chi connectivity index (χ0) is 18.2. The Labute approximate surface area is 155 Å². The summed E-state index contributed by atoms with van der Waals surface area (Å²) in [6.45, 7) is 4.84. The molecule has 26 heavy (non-hydrogen) atoms. The Bertz CT molecular complexity index is 680. The van der Waals surface area contributed by atoms with E-state index in [0.717, 1.165) is 38.3 Å². The summed E-state index contributed by atoms with van der Waals surface area (Å²) in [6, 6.07) is 18.4. The van der Waals surface area contributed by atoms with Crippen molar-refractivity contribution < 1.29 is 9.53 Å². The van der Waals surface area contributed by atoms with Gasteiger partial charge in [-0.1, -0.05) is 30.3 Å². The first-order chi connectivity index (χ1) is 12.7. The molecule has 5 heteroatoms. The highest BCUT2D eigenvalue weighted by Gasteiger charge is 2.19. The largest absolute Gasteiger partial charge is 0.497 e. The molecule has 2 aromatic rings. The van der Waals surface area contributed by atoms with Crippen LogP contribution in [-0.4, -0.2) is 57.2 Å². The van der Waals surface area contributed by atoms with E-state index in [2.05, 4.69) is 39.4 Å². The van der Waals surface area contributed by atoms with E-state index >= 15 is 0 Å². The Balaban J connectivity index is 1.37. The third kappa shape index (κ3) is 5.23. The molecule has 0 aromatic heterocycles. The number of nitrogens with one attached hydrogen (secondary N) is 1. The van der Waals surface area contributed by atoms with Gasteiger partial charge in [-0.3, -0.25) is 9.69 Å². The quantitative estimate of drug-likeness (QED) is 0.829. The number of carbonyl (C=O) groups excluding carboxylic acids is 1. The number of nitrogens with zero attached hydrogens (tertiary/aromatic N) is 2. The van der Waals surface area contributed by atoms with E-state index in [1.165, 1.54) is 11.3 Å². The molecule has 1 amide bonds. The number of anilines is 1. The molecular weight excluding hydrogens is 326 g/mol. The average molecular weight is 353 g/mol. The second kappa shape index (κ2) is 9.25. The van der Waals surface area contributed by atoms with Crippen LogP contribution in [0.4, 0.5) is 5.69 Å². The summed E-state index contributed by atoms with van der Waals surface area (Å²) in [6.07, 6.45) is 0.873. The van der Waals surface area contributed by atoms with Crippen LogP contribution in [0.25, 0.3) is 0 Å². The molecule has 1 saturated heterocycles. The fourth-order valence-electron chi connectivity index (χ4n) is 3.21. The molecule has 0 spiro atoms. The Hall–Kier alpha value is -2.53. The lowest BCUT2D eigenvalue weighted by Gasteiger charge is -2.35. The molecule has 138 valence electrons. The fourth-order valence-corrected chi connectivity index (χ4v) is 3.21. The van der Waals surface area contributed by atoms with Crippen molar-refractivity contribution in [2.24, 2.45) is 0 Å². The van der Waals surface area contributed by atoms with E-state index in [1.54, 1.807) is 7.11 Å². The van der Waals surface area contributed by atoms with Gasteiger partial charge in [0, 0.05) is 38.4 Å². The van der Waals surface area contributed by atoms with Crippen molar-refractivity contribution in [2.75, 3.05) is 51.3 Å². The standard InChI is InChI=1S/C21H27N3O2/c1-26-20-9-7-19(8-10-20)24-15-13-23(14-16-24)17-21(25)22-12-11-18-5-3-2-4-6-18/h2-10H,11-17H2,1H3,(H,22,25). The van der Waals surface area contributed by atoms with Gasteiger partial charge in [-0.05, 0) is 36.2 Å². The van der Waals surface area contributed by atoms with Crippen LogP contribution in [0.1, 0.15) is 5.56 Å². The van der Waals surface area contributed by atoms with E-state index in [9.17, 15) is 4.79 Å². The highest BCUT2D eigenvalue weighted by atomic mass is 16.5. The van der Waals surface area contributed by atoms with Crippen LogP contribution in [-0.2, 0) is 11.2 Å². The molecule has 1 heterocycles. The third-order valence-electron chi connectivity index (χ3n) is 4.76. The van der Waals surface area contributed by atoms with Crippen LogP contribution in [0, 0.1) is 0 Å². The molecule has 0 bridgehead atoms. The summed E-state index contributed by atoms with van der Waals surface area (Å²) >= 11 is 0. The van der Waals surface area contributed by atoms with E-state index in [4.69, 9.17) is 4.74 Å². The zero-order valence-corrected chi connectivity index (χ0v) is 15.4. The molecule has 0 atom stereocenters. The number of benzene rings is 2. The van der Waals surface area contributed by atoms with E-state index in [1.807, 2.05) is 30.3 Å². The predicted molar refractivity (Wildman–Crippen MR) is 105 cm³/mol. The van der Waals surface area contributed by atoms with Gasteiger partial charge in [0.1, 0.15) is 5.75 Å². The molecule has 1 aliphatic heterocycles. The molecular formula is C21H27N3O2. The number of carbonyl (C=O) groups is 1. The number of piperazine rings is 1. The van der Waals surface area contributed by atoms with Gasteiger partial charge in [-0.15, -0.1) is 0 Å². The Morgan fingerprint density at radius 1 is 1.00 bits per heavy atom. The van der Waals surface area contributed by atoms with Crippen molar-refractivity contribution in [3.8, 4) is 5.75 Å². The van der Waals surface area contributed by atoms with Gasteiger partial charge in [0.15, 0.2) is 0 Å². The maximum absolute atomic E-state index is 12.1. The van der Waals surface area contributed by atoms with Crippen molar-refractivity contribution in [1.29, 1.82) is 0 Å². The van der Waals surface area contributed by atoms with Crippen LogP contribution < -0.4 is 15.0 Å². The van der Waals surface area contributed by atoms with Gasteiger partial charge < -0.3 is 15.0 Å². The first-order valence-electron chi connectivity index (χ1n) is 9.16. The van der Waals surface area contributed by atoms with Gasteiger partial charge in [-0.2, -0.15) is 0 Å². The number of ether oxygens (including phenoxy) is 1. The first kappa shape index (κ1) is 18.3. The Morgan fingerprint density at radius 2 is 1.69 bits per heavy atom. The predicted octanol–water partition coefficient (Wildman–Crippen LogP) is 2.18. The van der Waals surface area contributed by atoms with Crippen molar-refractivity contribution in [3.63, 3.8) is 0 Å². The fraction of sp³-hybridized carbons (Fsp3) is 0.381. The van der Waals surface area contributed by atoms with Crippen LogP contribution in [0.5, 0.6) is 5.75 Å². The molecule has 1 fully saturated rings. The van der Waals surface area contributed by atoms with Gasteiger partial charge >= 0.3 is 0 Å². The second-order valence-electron chi connectivity index (χ2n) is 6.55. The van der Waals surface area contributed by atoms with Crippen LogP contribution in [0.15, 0.2) is 54.6 Å². The number of hydrogen-bond acceptors (Lipinski definition) is 4. The topological polar surface area (TPSA) is 44.8 Å². The Morgan fingerprint density at radius 3 is 2.35 bits per heavy atom. The summed E-state index contributed by atoms with van der Waals surface area (Å²) in [5, 5.41) is 3.03. The van der Waals surface area contributed by atoms with E-state index in [-0.39, 0.29) is 5.91 Å². The molecule has 0 aliphatic carbocycles. The lowest BCUT2D eigenvalue weighted by molar-refractivity contribution is -0.122. The zero-order valence-electron chi connectivity index (χ0n) is 15.4.